The van der Waals surface area contributed by atoms with Gasteiger partial charge in [-0.1, -0.05) is 17.8 Å². The molecule has 0 fully saturated rings. The lowest BCUT2D eigenvalue weighted by atomic mass is 10.2. The molecule has 4 aromatic rings. The standard InChI is InChI=1S/C26H24FN3O2S2/c1-4-12-29-25(32)23-19-6-5-7-22(19)34-24(23)28-26(29)33-14-21(31)20-13-15(2)30(16(20)3)18-10-8-17(27)9-11-18/h4,8-11,13H,1,5-7,12,14H2,2-3H3. The van der Waals surface area contributed by atoms with Crippen molar-refractivity contribution in [3.63, 3.8) is 0 Å². The lowest BCUT2D eigenvalue weighted by molar-refractivity contribution is 0.102. The summed E-state index contributed by atoms with van der Waals surface area (Å²) in [6.45, 7) is 7.95. The number of halogens is 1. The molecule has 34 heavy (non-hydrogen) atoms. The van der Waals surface area contributed by atoms with E-state index in [1.165, 1.54) is 28.8 Å². The summed E-state index contributed by atoms with van der Waals surface area (Å²) < 4.78 is 16.9. The Labute approximate surface area is 205 Å². The number of benzene rings is 1. The number of allylic oxidation sites excluding steroid dienone is 1. The van der Waals surface area contributed by atoms with E-state index < -0.39 is 0 Å². The molecule has 3 aromatic heterocycles. The van der Waals surface area contributed by atoms with Crippen LogP contribution in [0.4, 0.5) is 4.39 Å². The lowest BCUT2D eigenvalue weighted by Gasteiger charge is -2.11. The molecule has 3 heterocycles. The Kier molecular flexibility index (Phi) is 6.04. The highest BCUT2D eigenvalue weighted by molar-refractivity contribution is 7.99. The molecule has 0 saturated carbocycles. The molecule has 0 aliphatic heterocycles. The summed E-state index contributed by atoms with van der Waals surface area (Å²) >= 11 is 2.88. The minimum absolute atomic E-state index is 0.0420. The van der Waals surface area contributed by atoms with Crippen LogP contribution in [0.25, 0.3) is 15.9 Å². The molecule has 1 aromatic carbocycles. The van der Waals surface area contributed by atoms with E-state index >= 15 is 0 Å². The average molecular weight is 494 g/mol. The molecule has 0 radical (unpaired) electrons. The molecule has 0 unspecified atom stereocenters. The van der Waals surface area contributed by atoms with Crippen LogP contribution in [0, 0.1) is 19.7 Å². The normalized spacial score (nSPS) is 12.9. The third-order valence-electron chi connectivity index (χ3n) is 6.25. The van der Waals surface area contributed by atoms with Crippen molar-refractivity contribution in [2.24, 2.45) is 0 Å². The summed E-state index contributed by atoms with van der Waals surface area (Å²) in [7, 11) is 0. The maximum atomic E-state index is 13.4. The van der Waals surface area contributed by atoms with E-state index in [4.69, 9.17) is 4.98 Å². The monoisotopic (exact) mass is 493 g/mol. The number of hydrogen-bond acceptors (Lipinski definition) is 5. The second-order valence-corrected chi connectivity index (χ2v) is 10.5. The van der Waals surface area contributed by atoms with Gasteiger partial charge >= 0.3 is 0 Å². The number of carbonyl (C=O) groups excluding carboxylic acids is 1. The number of rotatable bonds is 7. The van der Waals surface area contributed by atoms with Crippen molar-refractivity contribution in [2.45, 2.75) is 44.8 Å². The van der Waals surface area contributed by atoms with Crippen LogP contribution in [0.3, 0.4) is 0 Å². The Morgan fingerprint density at radius 3 is 2.76 bits per heavy atom. The van der Waals surface area contributed by atoms with E-state index in [1.807, 2.05) is 24.5 Å². The van der Waals surface area contributed by atoms with Crippen molar-refractivity contribution in [1.82, 2.24) is 14.1 Å². The van der Waals surface area contributed by atoms with Gasteiger partial charge in [0.15, 0.2) is 10.9 Å². The Morgan fingerprint density at radius 2 is 2.03 bits per heavy atom. The highest BCUT2D eigenvalue weighted by Gasteiger charge is 2.24. The van der Waals surface area contributed by atoms with Crippen molar-refractivity contribution in [3.05, 3.63) is 86.5 Å². The molecule has 5 rings (SSSR count). The summed E-state index contributed by atoms with van der Waals surface area (Å²) in [5.74, 6) is -0.182. The topological polar surface area (TPSA) is 56.9 Å². The number of thioether (sulfide) groups is 1. The van der Waals surface area contributed by atoms with Crippen molar-refractivity contribution < 1.29 is 9.18 Å². The first-order valence-electron chi connectivity index (χ1n) is 11.2. The number of nitrogens with zero attached hydrogens (tertiary/aromatic N) is 3. The zero-order valence-electron chi connectivity index (χ0n) is 19.1. The number of hydrogen-bond donors (Lipinski definition) is 0. The first-order chi connectivity index (χ1) is 16.4. The number of carbonyl (C=O) groups is 1. The maximum Gasteiger partial charge on any atom is 0.263 e. The van der Waals surface area contributed by atoms with Gasteiger partial charge in [-0.3, -0.25) is 14.2 Å². The largest absolute Gasteiger partial charge is 0.318 e. The first kappa shape index (κ1) is 22.8. The SMILES string of the molecule is C=CCn1c(SCC(=O)c2cc(C)n(-c3ccc(F)cc3)c2C)nc2sc3c(c2c1=O)CCC3. The molecule has 1 aliphatic carbocycles. The van der Waals surface area contributed by atoms with E-state index in [1.54, 1.807) is 34.1 Å². The van der Waals surface area contributed by atoms with Gasteiger partial charge in [0, 0.05) is 34.1 Å². The van der Waals surface area contributed by atoms with Crippen molar-refractivity contribution in [2.75, 3.05) is 5.75 Å². The van der Waals surface area contributed by atoms with E-state index in [9.17, 15) is 14.0 Å². The van der Waals surface area contributed by atoms with Crippen molar-refractivity contribution in [3.8, 4) is 5.69 Å². The highest BCUT2D eigenvalue weighted by atomic mass is 32.2. The van der Waals surface area contributed by atoms with Gasteiger partial charge in [-0.15, -0.1) is 17.9 Å². The van der Waals surface area contributed by atoms with E-state index in [0.29, 0.717) is 17.3 Å². The molecular formula is C26H24FN3O2S2. The Morgan fingerprint density at radius 1 is 1.26 bits per heavy atom. The highest BCUT2D eigenvalue weighted by Crippen LogP contribution is 2.35. The third kappa shape index (κ3) is 3.84. The zero-order valence-corrected chi connectivity index (χ0v) is 20.7. The van der Waals surface area contributed by atoms with Crippen LogP contribution < -0.4 is 5.56 Å². The predicted octanol–water partition coefficient (Wildman–Crippen LogP) is 5.65. The van der Waals surface area contributed by atoms with Gasteiger partial charge in [0.25, 0.3) is 5.56 Å². The van der Waals surface area contributed by atoms with Crippen LogP contribution in [0.15, 0.2) is 52.9 Å². The van der Waals surface area contributed by atoms with Crippen molar-refractivity contribution in [1.29, 1.82) is 0 Å². The van der Waals surface area contributed by atoms with Gasteiger partial charge in [-0.05, 0) is 69.0 Å². The summed E-state index contributed by atoms with van der Waals surface area (Å²) in [6, 6.07) is 8.08. The smallest absolute Gasteiger partial charge is 0.263 e. The molecule has 174 valence electrons. The lowest BCUT2D eigenvalue weighted by Crippen LogP contribution is -2.23. The number of thiophene rings is 1. The van der Waals surface area contributed by atoms with Gasteiger partial charge in [0.05, 0.1) is 11.1 Å². The van der Waals surface area contributed by atoms with E-state index in [0.717, 1.165) is 52.1 Å². The predicted molar refractivity (Wildman–Crippen MR) is 136 cm³/mol. The van der Waals surface area contributed by atoms with Crippen LogP contribution in [0.1, 0.15) is 38.6 Å². The second-order valence-electron chi connectivity index (χ2n) is 8.44. The van der Waals surface area contributed by atoms with Gasteiger partial charge in [-0.25, -0.2) is 9.37 Å². The molecule has 0 atom stereocenters. The second kappa shape index (κ2) is 9.00. The van der Waals surface area contributed by atoms with Crippen LogP contribution in [-0.2, 0) is 19.4 Å². The molecular weight excluding hydrogens is 469 g/mol. The van der Waals surface area contributed by atoms with Crippen LogP contribution in [0.5, 0.6) is 0 Å². The summed E-state index contributed by atoms with van der Waals surface area (Å²) in [6.07, 6.45) is 4.69. The third-order valence-corrected chi connectivity index (χ3v) is 8.41. The van der Waals surface area contributed by atoms with Crippen LogP contribution in [-0.4, -0.2) is 25.7 Å². The fourth-order valence-corrected chi connectivity index (χ4v) is 6.89. The Bertz CT molecular complexity index is 1500. The number of fused-ring (bicyclic) bond motifs is 3. The molecule has 0 amide bonds. The average Bonchev–Trinajstić information content (AvgIpc) is 3.48. The first-order valence-corrected chi connectivity index (χ1v) is 13.0. The van der Waals surface area contributed by atoms with Gasteiger partial charge < -0.3 is 4.57 Å². The molecule has 0 N–H and O–H groups in total. The molecule has 0 saturated heterocycles. The quantitative estimate of drug-likeness (QED) is 0.144. The maximum absolute atomic E-state index is 13.4. The Hall–Kier alpha value is -2.97. The minimum Gasteiger partial charge on any atom is -0.318 e. The summed E-state index contributed by atoms with van der Waals surface area (Å²) in [5, 5.41) is 1.27. The van der Waals surface area contributed by atoms with Gasteiger partial charge in [-0.2, -0.15) is 0 Å². The Balaban J connectivity index is 1.45. The van der Waals surface area contributed by atoms with Crippen molar-refractivity contribution >= 4 is 39.1 Å². The summed E-state index contributed by atoms with van der Waals surface area (Å²) in [4.78, 5) is 33.3. The van der Waals surface area contributed by atoms with Gasteiger partial charge in [0.1, 0.15) is 10.6 Å². The number of aromatic nitrogens is 3. The molecule has 8 heteroatoms. The number of aryl methyl sites for hydroxylation is 3. The molecule has 0 spiro atoms. The fraction of sp³-hybridized carbons (Fsp3) is 0.269. The van der Waals surface area contributed by atoms with E-state index in [-0.39, 0.29) is 22.9 Å². The zero-order chi connectivity index (χ0) is 24.0. The molecule has 1 aliphatic rings. The van der Waals surface area contributed by atoms with Gasteiger partial charge in [0.2, 0.25) is 0 Å². The molecule has 5 nitrogen and oxygen atoms in total. The van der Waals surface area contributed by atoms with Crippen LogP contribution >= 0.6 is 23.1 Å². The molecule has 0 bridgehead atoms. The summed E-state index contributed by atoms with van der Waals surface area (Å²) in [5.41, 5.74) is 4.22. The number of Topliss-reactive ketones (excluding diaryl/α,β-unsaturated/α-hetero) is 1. The van der Waals surface area contributed by atoms with Crippen LogP contribution in [0.2, 0.25) is 0 Å². The fourth-order valence-electron chi connectivity index (χ4n) is 4.70. The van der Waals surface area contributed by atoms with E-state index in [2.05, 4.69) is 6.58 Å². The number of ketones is 1. The minimum atomic E-state index is -0.301.